The quantitative estimate of drug-likeness (QED) is 0.161. The predicted octanol–water partition coefficient (Wildman–Crippen LogP) is 7.09. The summed E-state index contributed by atoms with van der Waals surface area (Å²) in [4.78, 5) is 16.1. The lowest BCUT2D eigenvalue weighted by atomic mass is 10.2. The molecule has 0 saturated heterocycles. The summed E-state index contributed by atoms with van der Waals surface area (Å²) in [6.45, 7) is 1.32. The Balaban J connectivity index is 1.03. The van der Waals surface area contributed by atoms with E-state index in [1.54, 1.807) is 23.5 Å². The molecule has 5 rings (SSSR count). The zero-order valence-corrected chi connectivity index (χ0v) is 19.6. The van der Waals surface area contributed by atoms with Gasteiger partial charge in [0.25, 0.3) is 0 Å². The van der Waals surface area contributed by atoms with Crippen LogP contribution >= 0.6 is 11.3 Å². The molecule has 3 aromatic carbocycles. The highest BCUT2D eigenvalue weighted by Gasteiger charge is 2.07. The van der Waals surface area contributed by atoms with E-state index in [1.165, 1.54) is 10.8 Å². The van der Waals surface area contributed by atoms with Gasteiger partial charge in [0.2, 0.25) is 0 Å². The number of rotatable bonds is 10. The fraction of sp³-hybridized carbons (Fsp3) is 0.214. The van der Waals surface area contributed by atoms with Crippen LogP contribution in [0.1, 0.15) is 25.7 Å². The van der Waals surface area contributed by atoms with Gasteiger partial charge in [-0.25, -0.2) is 9.78 Å². The van der Waals surface area contributed by atoms with Crippen molar-refractivity contribution in [3.8, 4) is 22.1 Å². The van der Waals surface area contributed by atoms with E-state index in [2.05, 4.69) is 18.2 Å². The number of ether oxygens (including phenoxy) is 2. The molecule has 0 bridgehead atoms. The molecule has 5 aromatic rings. The summed E-state index contributed by atoms with van der Waals surface area (Å²) in [5.74, 6) is 1.60. The van der Waals surface area contributed by atoms with Gasteiger partial charge in [0.1, 0.15) is 22.1 Å². The Morgan fingerprint density at radius 1 is 0.765 bits per heavy atom. The van der Waals surface area contributed by atoms with Gasteiger partial charge in [-0.2, -0.15) is 0 Å². The first-order valence-corrected chi connectivity index (χ1v) is 12.3. The number of thiazole rings is 1. The summed E-state index contributed by atoms with van der Waals surface area (Å²) in [5.41, 5.74) is 2.32. The molecule has 6 heteroatoms. The second kappa shape index (κ2) is 10.5. The van der Waals surface area contributed by atoms with Crippen molar-refractivity contribution in [3.63, 3.8) is 0 Å². The maximum absolute atomic E-state index is 11.4. The van der Waals surface area contributed by atoms with Gasteiger partial charge in [0.05, 0.1) is 23.4 Å². The minimum absolute atomic E-state index is 0.352. The number of aromatic nitrogens is 1. The summed E-state index contributed by atoms with van der Waals surface area (Å²) in [6, 6.07) is 25.1. The number of hydrogen-bond acceptors (Lipinski definition) is 6. The van der Waals surface area contributed by atoms with Crippen molar-refractivity contribution in [1.29, 1.82) is 0 Å². The molecule has 5 nitrogen and oxygen atoms in total. The Kier molecular flexibility index (Phi) is 6.86. The van der Waals surface area contributed by atoms with Gasteiger partial charge >= 0.3 is 5.63 Å². The average molecular weight is 472 g/mol. The molecule has 172 valence electrons. The van der Waals surface area contributed by atoms with Crippen LogP contribution in [0.5, 0.6) is 11.5 Å². The lowest BCUT2D eigenvalue weighted by Crippen LogP contribution is -2.00. The molecule has 0 spiro atoms. The first-order chi connectivity index (χ1) is 16.7. The third-order valence-corrected chi connectivity index (χ3v) is 6.63. The molecule has 0 fully saturated rings. The van der Waals surface area contributed by atoms with Gasteiger partial charge in [0.15, 0.2) is 0 Å². The smallest absolute Gasteiger partial charge is 0.336 e. The molecular formula is C28H25NO4S. The maximum Gasteiger partial charge on any atom is 0.336 e. The molecule has 0 atom stereocenters. The molecule has 0 aliphatic heterocycles. The highest BCUT2D eigenvalue weighted by Crippen LogP contribution is 2.31. The normalized spacial score (nSPS) is 11.2. The van der Waals surface area contributed by atoms with Gasteiger partial charge < -0.3 is 13.9 Å². The number of unbranched alkanes of at least 4 members (excludes halogenated alkanes) is 3. The summed E-state index contributed by atoms with van der Waals surface area (Å²) < 4.78 is 18.2. The van der Waals surface area contributed by atoms with E-state index in [-0.39, 0.29) is 5.63 Å². The predicted molar refractivity (Wildman–Crippen MR) is 137 cm³/mol. The number of para-hydroxylation sites is 1. The summed E-state index contributed by atoms with van der Waals surface area (Å²) >= 11 is 1.70. The highest BCUT2D eigenvalue weighted by molar-refractivity contribution is 7.21. The van der Waals surface area contributed by atoms with Crippen LogP contribution in [0.2, 0.25) is 0 Å². The molecule has 0 amide bonds. The van der Waals surface area contributed by atoms with Crippen LogP contribution < -0.4 is 15.1 Å². The molecule has 0 saturated carbocycles. The van der Waals surface area contributed by atoms with Gasteiger partial charge in [-0.05, 0) is 68.1 Å². The number of fused-ring (bicyclic) bond motifs is 2. The Labute approximate surface area is 201 Å². The van der Waals surface area contributed by atoms with E-state index in [0.717, 1.165) is 58.7 Å². The lowest BCUT2D eigenvalue weighted by Gasteiger charge is -2.08. The average Bonchev–Trinajstić information content (AvgIpc) is 3.30. The molecule has 0 radical (unpaired) electrons. The molecule has 34 heavy (non-hydrogen) atoms. The zero-order valence-electron chi connectivity index (χ0n) is 18.7. The van der Waals surface area contributed by atoms with Crippen molar-refractivity contribution in [2.24, 2.45) is 0 Å². The fourth-order valence-corrected chi connectivity index (χ4v) is 4.75. The fourth-order valence-electron chi connectivity index (χ4n) is 3.78. The van der Waals surface area contributed by atoms with Crippen LogP contribution in [0.25, 0.3) is 31.8 Å². The Hall–Kier alpha value is -3.64. The molecular weight excluding hydrogens is 446 g/mol. The Morgan fingerprint density at radius 2 is 1.53 bits per heavy atom. The van der Waals surface area contributed by atoms with Crippen molar-refractivity contribution in [2.75, 3.05) is 13.2 Å². The third kappa shape index (κ3) is 5.46. The van der Waals surface area contributed by atoms with Gasteiger partial charge in [-0.3, -0.25) is 0 Å². The van der Waals surface area contributed by atoms with E-state index in [9.17, 15) is 4.79 Å². The molecule has 0 unspecified atom stereocenters. The second-order valence-electron chi connectivity index (χ2n) is 8.08. The van der Waals surface area contributed by atoms with Crippen molar-refractivity contribution in [2.45, 2.75) is 25.7 Å². The topological polar surface area (TPSA) is 61.6 Å². The lowest BCUT2D eigenvalue weighted by molar-refractivity contribution is 0.287. The second-order valence-corrected chi connectivity index (χ2v) is 9.11. The molecule has 2 heterocycles. The molecule has 0 aliphatic rings. The summed E-state index contributed by atoms with van der Waals surface area (Å²) in [6.07, 6.45) is 4.10. The van der Waals surface area contributed by atoms with E-state index >= 15 is 0 Å². The SMILES string of the molecule is O=c1ccc2ccc(OCCCCCCOc3cccc(-c4nc5ccccc5s4)c3)cc2o1. The van der Waals surface area contributed by atoms with Crippen molar-refractivity contribution >= 4 is 32.5 Å². The summed E-state index contributed by atoms with van der Waals surface area (Å²) in [5, 5.41) is 1.90. The van der Waals surface area contributed by atoms with Crippen molar-refractivity contribution in [1.82, 2.24) is 4.98 Å². The largest absolute Gasteiger partial charge is 0.494 e. The highest BCUT2D eigenvalue weighted by atomic mass is 32.1. The van der Waals surface area contributed by atoms with E-state index < -0.39 is 0 Å². The van der Waals surface area contributed by atoms with E-state index in [1.807, 2.05) is 42.5 Å². The van der Waals surface area contributed by atoms with Gasteiger partial charge in [-0.15, -0.1) is 11.3 Å². The standard InChI is InChI=1S/C28H25NO4S/c30-27-15-13-20-12-14-23(19-25(20)33-27)32-17-6-2-1-5-16-31-22-9-7-8-21(18-22)28-29-24-10-3-4-11-26(24)34-28/h3-4,7-15,18-19H,1-2,5-6,16-17H2. The minimum Gasteiger partial charge on any atom is -0.494 e. The van der Waals surface area contributed by atoms with Crippen LogP contribution in [-0.2, 0) is 0 Å². The van der Waals surface area contributed by atoms with Crippen molar-refractivity contribution < 1.29 is 13.9 Å². The third-order valence-electron chi connectivity index (χ3n) is 5.55. The Morgan fingerprint density at radius 3 is 2.35 bits per heavy atom. The van der Waals surface area contributed by atoms with E-state index in [4.69, 9.17) is 18.9 Å². The molecule has 2 aromatic heterocycles. The Bertz CT molecular complexity index is 1420. The van der Waals surface area contributed by atoms with Crippen LogP contribution in [0.3, 0.4) is 0 Å². The molecule has 0 N–H and O–H groups in total. The maximum atomic E-state index is 11.4. The first-order valence-electron chi connectivity index (χ1n) is 11.5. The first kappa shape index (κ1) is 22.2. The summed E-state index contributed by atoms with van der Waals surface area (Å²) in [7, 11) is 0. The van der Waals surface area contributed by atoms with Crippen LogP contribution in [0, 0.1) is 0 Å². The monoisotopic (exact) mass is 471 g/mol. The van der Waals surface area contributed by atoms with Crippen LogP contribution in [-0.4, -0.2) is 18.2 Å². The van der Waals surface area contributed by atoms with E-state index in [0.29, 0.717) is 18.8 Å². The number of benzene rings is 3. The van der Waals surface area contributed by atoms with Crippen LogP contribution in [0.4, 0.5) is 0 Å². The molecule has 0 aliphatic carbocycles. The van der Waals surface area contributed by atoms with Gasteiger partial charge in [-0.1, -0.05) is 24.3 Å². The zero-order chi connectivity index (χ0) is 23.2. The van der Waals surface area contributed by atoms with Gasteiger partial charge in [0, 0.05) is 23.1 Å². The minimum atomic E-state index is -0.352. The van der Waals surface area contributed by atoms with Crippen LogP contribution in [0.15, 0.2) is 88.1 Å². The number of hydrogen-bond donors (Lipinski definition) is 0. The van der Waals surface area contributed by atoms with Crippen molar-refractivity contribution in [3.05, 3.63) is 89.3 Å². The number of nitrogens with zero attached hydrogens (tertiary/aromatic N) is 1.